The van der Waals surface area contributed by atoms with Gasteiger partial charge in [-0.3, -0.25) is 4.79 Å². The number of amides is 1. The van der Waals surface area contributed by atoms with Crippen molar-refractivity contribution in [1.82, 2.24) is 24.8 Å². The molecule has 1 aliphatic heterocycles. The van der Waals surface area contributed by atoms with E-state index in [1.807, 2.05) is 0 Å². The topological polar surface area (TPSA) is 96.4 Å². The normalized spacial score (nSPS) is 14.0. The second-order valence-electron chi connectivity index (χ2n) is 9.12. The van der Waals surface area contributed by atoms with Crippen LogP contribution in [-0.2, 0) is 6.18 Å². The fourth-order valence-electron chi connectivity index (χ4n) is 4.21. The largest absolute Gasteiger partial charge is 0.573 e. The molecule has 0 spiro atoms. The van der Waals surface area contributed by atoms with E-state index in [-0.39, 0.29) is 17.6 Å². The zero-order valence-electron chi connectivity index (χ0n) is 21.5. The second-order valence-corrected chi connectivity index (χ2v) is 9.12. The molecule has 218 valence electrons. The molecular formula is C27H21F6N7O2. The minimum Gasteiger partial charge on any atom is -0.406 e. The molecule has 9 nitrogen and oxygen atoms in total. The molecule has 2 aromatic carbocycles. The Balaban J connectivity index is 1.22. The van der Waals surface area contributed by atoms with Crippen molar-refractivity contribution < 1.29 is 35.9 Å². The maximum absolute atomic E-state index is 13.2. The van der Waals surface area contributed by atoms with Gasteiger partial charge in [0, 0.05) is 61.5 Å². The van der Waals surface area contributed by atoms with Crippen molar-refractivity contribution in [1.29, 1.82) is 0 Å². The molecule has 1 saturated heterocycles. The van der Waals surface area contributed by atoms with Gasteiger partial charge in [-0.05, 0) is 36.4 Å². The highest BCUT2D eigenvalue weighted by Gasteiger charge is 2.32. The highest BCUT2D eigenvalue weighted by Crippen LogP contribution is 2.29. The molecule has 0 unspecified atom stereocenters. The Labute approximate surface area is 234 Å². The van der Waals surface area contributed by atoms with Crippen LogP contribution in [0.2, 0.25) is 0 Å². The Morgan fingerprint density at radius 3 is 2.17 bits per heavy atom. The van der Waals surface area contributed by atoms with E-state index in [2.05, 4.69) is 30.0 Å². The lowest BCUT2D eigenvalue weighted by Crippen LogP contribution is -2.49. The Hall–Kier alpha value is -4.95. The molecule has 1 amide bonds. The quantitative estimate of drug-likeness (QED) is 0.292. The zero-order chi connectivity index (χ0) is 29.9. The van der Waals surface area contributed by atoms with E-state index in [1.165, 1.54) is 30.6 Å². The van der Waals surface area contributed by atoms with Gasteiger partial charge in [0.05, 0.1) is 11.3 Å². The van der Waals surface area contributed by atoms with Crippen molar-refractivity contribution >= 4 is 23.4 Å². The van der Waals surface area contributed by atoms with Gasteiger partial charge < -0.3 is 19.9 Å². The van der Waals surface area contributed by atoms with Gasteiger partial charge in [-0.2, -0.15) is 13.2 Å². The standard InChI is InChI=1S/C27H21F6N7O2/c28-26(29,30)19-14-34-25(35-15-19)40-10-8-39(9-11-40)24(41)18-3-1-2-17(12-18)22-13-23(37-16-36-22)38-20-4-6-21(7-5-20)42-27(31,32)33/h1-7,12-16H,8-11H2,(H,36,37,38). The van der Waals surface area contributed by atoms with Gasteiger partial charge in [0.25, 0.3) is 5.91 Å². The number of halogens is 6. The van der Waals surface area contributed by atoms with E-state index >= 15 is 0 Å². The first-order valence-electron chi connectivity index (χ1n) is 12.4. The number of carbonyl (C=O) groups excluding carboxylic acids is 1. The lowest BCUT2D eigenvalue weighted by molar-refractivity contribution is -0.274. The van der Waals surface area contributed by atoms with Gasteiger partial charge in [-0.15, -0.1) is 13.2 Å². The minimum absolute atomic E-state index is 0.163. The Morgan fingerprint density at radius 1 is 0.833 bits per heavy atom. The first-order valence-corrected chi connectivity index (χ1v) is 12.4. The smallest absolute Gasteiger partial charge is 0.406 e. The molecule has 15 heteroatoms. The zero-order valence-corrected chi connectivity index (χ0v) is 21.5. The number of hydrogen-bond donors (Lipinski definition) is 1. The number of piperazine rings is 1. The predicted molar refractivity (Wildman–Crippen MR) is 139 cm³/mol. The highest BCUT2D eigenvalue weighted by atomic mass is 19.4. The van der Waals surface area contributed by atoms with Gasteiger partial charge in [0.2, 0.25) is 5.95 Å². The third-order valence-corrected chi connectivity index (χ3v) is 6.25. The summed E-state index contributed by atoms with van der Waals surface area (Å²) in [4.78, 5) is 32.6. The van der Waals surface area contributed by atoms with Crippen molar-refractivity contribution in [3.63, 3.8) is 0 Å². The van der Waals surface area contributed by atoms with E-state index in [4.69, 9.17) is 0 Å². The highest BCUT2D eigenvalue weighted by molar-refractivity contribution is 5.95. The predicted octanol–water partition coefficient (Wildman–Crippen LogP) is 5.56. The molecule has 5 rings (SSSR count). The molecular weight excluding hydrogens is 568 g/mol. The van der Waals surface area contributed by atoms with Gasteiger partial charge in [-0.25, -0.2) is 19.9 Å². The van der Waals surface area contributed by atoms with Gasteiger partial charge in [-0.1, -0.05) is 12.1 Å². The van der Waals surface area contributed by atoms with Gasteiger partial charge in [0.15, 0.2) is 0 Å². The van der Waals surface area contributed by atoms with Crippen molar-refractivity contribution in [2.45, 2.75) is 12.5 Å². The maximum atomic E-state index is 13.2. The van der Waals surface area contributed by atoms with Crippen LogP contribution in [0.5, 0.6) is 5.75 Å². The molecule has 3 heterocycles. The minimum atomic E-state index is -4.79. The van der Waals surface area contributed by atoms with Crippen LogP contribution >= 0.6 is 0 Å². The van der Waals surface area contributed by atoms with Crippen molar-refractivity contribution in [3.05, 3.63) is 84.4 Å². The number of ether oxygens (including phenoxy) is 1. The van der Waals surface area contributed by atoms with Crippen LogP contribution in [0.3, 0.4) is 0 Å². The second kappa shape index (κ2) is 11.5. The van der Waals surface area contributed by atoms with Crippen LogP contribution in [0.15, 0.2) is 73.3 Å². The summed E-state index contributed by atoms with van der Waals surface area (Å²) >= 11 is 0. The number of carbonyl (C=O) groups is 1. The van der Waals surface area contributed by atoms with Crippen molar-refractivity contribution in [3.8, 4) is 17.0 Å². The Morgan fingerprint density at radius 2 is 1.52 bits per heavy atom. The molecule has 1 fully saturated rings. The summed E-state index contributed by atoms with van der Waals surface area (Å²) in [6, 6.07) is 13.6. The van der Waals surface area contributed by atoms with E-state index < -0.39 is 18.1 Å². The molecule has 0 saturated carbocycles. The van der Waals surface area contributed by atoms with E-state index in [1.54, 1.807) is 40.1 Å². The van der Waals surface area contributed by atoms with Crippen LogP contribution in [0, 0.1) is 0 Å². The summed E-state index contributed by atoms with van der Waals surface area (Å²) in [6.07, 6.45) is -6.52. The lowest BCUT2D eigenvalue weighted by atomic mass is 10.1. The fraction of sp³-hybridized carbons (Fsp3) is 0.222. The summed E-state index contributed by atoms with van der Waals surface area (Å²) in [6.45, 7) is 1.34. The third-order valence-electron chi connectivity index (χ3n) is 6.25. The van der Waals surface area contributed by atoms with Crippen LogP contribution in [0.1, 0.15) is 15.9 Å². The van der Waals surface area contributed by atoms with E-state index in [0.29, 0.717) is 54.5 Å². The third kappa shape index (κ3) is 7.03. The first kappa shape index (κ1) is 28.6. The maximum Gasteiger partial charge on any atom is 0.573 e. The molecule has 2 aromatic heterocycles. The Bertz CT molecular complexity index is 1540. The fourth-order valence-corrected chi connectivity index (χ4v) is 4.21. The van der Waals surface area contributed by atoms with Crippen LogP contribution in [0.4, 0.5) is 43.8 Å². The summed E-state index contributed by atoms with van der Waals surface area (Å²) in [5.41, 5.74) is 1.10. The summed E-state index contributed by atoms with van der Waals surface area (Å²) in [7, 11) is 0. The van der Waals surface area contributed by atoms with Crippen molar-refractivity contribution in [2.75, 3.05) is 36.4 Å². The Kier molecular flexibility index (Phi) is 7.83. The van der Waals surface area contributed by atoms with E-state index in [9.17, 15) is 31.1 Å². The molecule has 1 aliphatic rings. The number of nitrogens with zero attached hydrogens (tertiary/aromatic N) is 6. The number of benzene rings is 2. The van der Waals surface area contributed by atoms with Crippen molar-refractivity contribution in [2.24, 2.45) is 0 Å². The summed E-state index contributed by atoms with van der Waals surface area (Å²) < 4.78 is 79.4. The number of hydrogen-bond acceptors (Lipinski definition) is 8. The molecule has 0 aliphatic carbocycles. The number of rotatable bonds is 6. The molecule has 0 radical (unpaired) electrons. The molecule has 4 aromatic rings. The van der Waals surface area contributed by atoms with Gasteiger partial charge >= 0.3 is 12.5 Å². The average Bonchev–Trinajstić information content (AvgIpc) is 2.97. The molecule has 42 heavy (non-hydrogen) atoms. The molecule has 0 bridgehead atoms. The lowest BCUT2D eigenvalue weighted by Gasteiger charge is -2.34. The summed E-state index contributed by atoms with van der Waals surface area (Å²) in [5.74, 6) is -0.0377. The first-order chi connectivity index (χ1) is 19.9. The van der Waals surface area contributed by atoms with Gasteiger partial charge in [0.1, 0.15) is 17.9 Å². The van der Waals surface area contributed by atoms with Crippen LogP contribution in [-0.4, -0.2) is 63.3 Å². The summed E-state index contributed by atoms with van der Waals surface area (Å²) in [5, 5.41) is 2.99. The number of nitrogens with one attached hydrogen (secondary N) is 1. The number of anilines is 3. The number of alkyl halides is 6. The molecule has 0 atom stereocenters. The van der Waals surface area contributed by atoms with E-state index in [0.717, 1.165) is 12.4 Å². The van der Waals surface area contributed by atoms with Crippen LogP contribution in [0.25, 0.3) is 11.3 Å². The molecule has 1 N–H and O–H groups in total. The van der Waals surface area contributed by atoms with Crippen LogP contribution < -0.4 is 15.0 Å². The average molecular weight is 590 g/mol. The number of aromatic nitrogens is 4. The monoisotopic (exact) mass is 589 g/mol. The SMILES string of the molecule is O=C(c1cccc(-c2cc(Nc3ccc(OC(F)(F)F)cc3)ncn2)c1)N1CCN(c2ncc(C(F)(F)F)cn2)CC1.